The lowest BCUT2D eigenvalue weighted by Crippen LogP contribution is -2.15. The molecule has 0 saturated heterocycles. The molecule has 1 aromatic rings. The third-order valence-electron chi connectivity index (χ3n) is 4.19. The summed E-state index contributed by atoms with van der Waals surface area (Å²) in [4.78, 5) is 0. The number of benzene rings is 1. The third-order valence-corrected chi connectivity index (χ3v) is 4.19. The Morgan fingerprint density at radius 1 is 0.857 bits per heavy atom. The standard InChI is InChI=1S/C20H28O/c1-19(2,3)15-12-17(18(13-15)20(4,5)6)14-8-10-16(21-7)11-9-14/h8-13,15H,1-7H3. The minimum absolute atomic E-state index is 0.158. The second-order valence-corrected chi connectivity index (χ2v) is 8.03. The van der Waals surface area contributed by atoms with Gasteiger partial charge in [-0.15, -0.1) is 0 Å². The number of allylic oxidation sites excluding steroid dienone is 4. The minimum atomic E-state index is 0.158. The molecule has 114 valence electrons. The van der Waals surface area contributed by atoms with E-state index in [9.17, 15) is 0 Å². The number of ether oxygens (including phenoxy) is 1. The maximum atomic E-state index is 5.27. The Morgan fingerprint density at radius 3 is 1.86 bits per heavy atom. The Balaban J connectivity index is 2.46. The number of methoxy groups -OCH3 is 1. The first-order valence-corrected chi connectivity index (χ1v) is 7.72. The average molecular weight is 284 g/mol. The zero-order valence-corrected chi connectivity index (χ0v) is 14.4. The van der Waals surface area contributed by atoms with Gasteiger partial charge >= 0.3 is 0 Å². The fourth-order valence-electron chi connectivity index (χ4n) is 2.76. The van der Waals surface area contributed by atoms with E-state index in [0.29, 0.717) is 5.92 Å². The normalized spacial score (nSPS) is 19.3. The number of rotatable bonds is 2. The number of hydrogen-bond donors (Lipinski definition) is 0. The summed E-state index contributed by atoms with van der Waals surface area (Å²) in [6, 6.07) is 8.41. The van der Waals surface area contributed by atoms with Crippen LogP contribution in [0.1, 0.15) is 47.1 Å². The van der Waals surface area contributed by atoms with Crippen LogP contribution in [0.4, 0.5) is 0 Å². The first-order chi connectivity index (χ1) is 9.63. The van der Waals surface area contributed by atoms with E-state index in [1.54, 1.807) is 7.11 Å². The first kappa shape index (κ1) is 15.9. The molecule has 1 nitrogen and oxygen atoms in total. The summed E-state index contributed by atoms with van der Waals surface area (Å²) < 4.78 is 5.27. The van der Waals surface area contributed by atoms with Crippen molar-refractivity contribution in [3.8, 4) is 5.75 Å². The molecule has 1 unspecified atom stereocenters. The highest BCUT2D eigenvalue weighted by Gasteiger charge is 2.32. The second kappa shape index (κ2) is 5.36. The van der Waals surface area contributed by atoms with Gasteiger partial charge in [-0.2, -0.15) is 0 Å². The molecule has 21 heavy (non-hydrogen) atoms. The smallest absolute Gasteiger partial charge is 0.118 e. The van der Waals surface area contributed by atoms with E-state index in [1.807, 2.05) is 12.1 Å². The maximum absolute atomic E-state index is 5.27. The zero-order chi connectivity index (χ0) is 15.8. The van der Waals surface area contributed by atoms with Crippen molar-refractivity contribution < 1.29 is 4.74 Å². The van der Waals surface area contributed by atoms with Crippen LogP contribution >= 0.6 is 0 Å². The topological polar surface area (TPSA) is 9.23 Å². The third kappa shape index (κ3) is 3.40. The molecule has 0 saturated carbocycles. The molecular formula is C20H28O. The molecule has 0 amide bonds. The highest BCUT2D eigenvalue weighted by Crippen LogP contribution is 2.46. The van der Waals surface area contributed by atoms with Crippen LogP contribution in [0.3, 0.4) is 0 Å². The summed E-state index contributed by atoms with van der Waals surface area (Å²) in [7, 11) is 1.71. The summed E-state index contributed by atoms with van der Waals surface area (Å²) >= 11 is 0. The number of hydrogen-bond acceptors (Lipinski definition) is 1. The largest absolute Gasteiger partial charge is 0.497 e. The van der Waals surface area contributed by atoms with Crippen molar-refractivity contribution in [3.63, 3.8) is 0 Å². The van der Waals surface area contributed by atoms with Crippen molar-refractivity contribution in [1.29, 1.82) is 0 Å². The highest BCUT2D eigenvalue weighted by molar-refractivity contribution is 5.83. The molecule has 0 heterocycles. The molecule has 2 rings (SSSR count). The lowest BCUT2D eigenvalue weighted by Gasteiger charge is -2.25. The molecule has 0 N–H and O–H groups in total. The van der Waals surface area contributed by atoms with Gasteiger partial charge in [0.15, 0.2) is 0 Å². The summed E-state index contributed by atoms with van der Waals surface area (Å²) in [5, 5.41) is 0. The van der Waals surface area contributed by atoms with E-state index in [1.165, 1.54) is 16.7 Å². The summed E-state index contributed by atoms with van der Waals surface area (Å²) in [5.74, 6) is 1.40. The van der Waals surface area contributed by atoms with Gasteiger partial charge in [-0.25, -0.2) is 0 Å². The second-order valence-electron chi connectivity index (χ2n) is 8.03. The molecule has 0 aliphatic heterocycles. The quantitative estimate of drug-likeness (QED) is 0.674. The highest BCUT2D eigenvalue weighted by atomic mass is 16.5. The lowest BCUT2D eigenvalue weighted by molar-refractivity contribution is 0.344. The Bertz CT molecular complexity index is 559. The van der Waals surface area contributed by atoms with Crippen molar-refractivity contribution >= 4 is 5.57 Å². The van der Waals surface area contributed by atoms with Crippen LogP contribution in [0.2, 0.25) is 0 Å². The van der Waals surface area contributed by atoms with Gasteiger partial charge < -0.3 is 4.74 Å². The average Bonchev–Trinajstić information content (AvgIpc) is 2.83. The van der Waals surface area contributed by atoms with Crippen molar-refractivity contribution in [2.24, 2.45) is 16.7 Å². The first-order valence-electron chi connectivity index (χ1n) is 7.72. The van der Waals surface area contributed by atoms with Crippen molar-refractivity contribution in [2.75, 3.05) is 7.11 Å². The molecule has 0 bridgehead atoms. The van der Waals surface area contributed by atoms with Gasteiger partial charge in [-0.3, -0.25) is 0 Å². The molecule has 1 atom stereocenters. The Morgan fingerprint density at radius 2 is 1.43 bits per heavy atom. The molecule has 1 heteroatoms. The molecule has 1 aliphatic rings. The monoisotopic (exact) mass is 284 g/mol. The predicted molar refractivity (Wildman–Crippen MR) is 91.5 cm³/mol. The van der Waals surface area contributed by atoms with Crippen molar-refractivity contribution in [3.05, 3.63) is 47.6 Å². The van der Waals surface area contributed by atoms with Crippen LogP contribution in [0.5, 0.6) is 5.75 Å². The van der Waals surface area contributed by atoms with Gasteiger partial charge in [0.05, 0.1) is 7.11 Å². The Hall–Kier alpha value is -1.50. The molecule has 0 radical (unpaired) electrons. The lowest BCUT2D eigenvalue weighted by atomic mass is 9.80. The van der Waals surface area contributed by atoms with E-state index in [-0.39, 0.29) is 10.8 Å². The van der Waals surface area contributed by atoms with Crippen LogP contribution in [-0.4, -0.2) is 7.11 Å². The van der Waals surface area contributed by atoms with Gasteiger partial charge in [0.1, 0.15) is 5.75 Å². The van der Waals surface area contributed by atoms with Crippen molar-refractivity contribution in [2.45, 2.75) is 41.5 Å². The van der Waals surface area contributed by atoms with Crippen LogP contribution < -0.4 is 4.74 Å². The molecule has 0 spiro atoms. The molecule has 0 fully saturated rings. The van der Waals surface area contributed by atoms with Gasteiger partial charge in [0.2, 0.25) is 0 Å². The molecular weight excluding hydrogens is 256 g/mol. The predicted octanol–water partition coefficient (Wildman–Crippen LogP) is 5.73. The fraction of sp³-hybridized carbons (Fsp3) is 0.500. The fourth-order valence-corrected chi connectivity index (χ4v) is 2.76. The minimum Gasteiger partial charge on any atom is -0.497 e. The van der Waals surface area contributed by atoms with E-state index in [2.05, 4.69) is 65.8 Å². The van der Waals surface area contributed by atoms with Gasteiger partial charge in [0.25, 0.3) is 0 Å². The van der Waals surface area contributed by atoms with Crippen LogP contribution in [-0.2, 0) is 0 Å². The molecule has 1 aliphatic carbocycles. The SMILES string of the molecule is COc1ccc(C2=CC(C(C)(C)C)C=C2C(C)(C)C)cc1. The van der Waals surface area contributed by atoms with E-state index in [0.717, 1.165) is 5.75 Å². The van der Waals surface area contributed by atoms with Crippen LogP contribution in [0.15, 0.2) is 42.0 Å². The van der Waals surface area contributed by atoms with Crippen LogP contribution in [0.25, 0.3) is 5.57 Å². The summed E-state index contributed by atoms with van der Waals surface area (Å²) in [5.41, 5.74) is 4.53. The molecule has 0 aromatic heterocycles. The maximum Gasteiger partial charge on any atom is 0.118 e. The Kier molecular flexibility index (Phi) is 4.06. The van der Waals surface area contributed by atoms with E-state index < -0.39 is 0 Å². The zero-order valence-electron chi connectivity index (χ0n) is 14.4. The molecule has 1 aromatic carbocycles. The van der Waals surface area contributed by atoms with Gasteiger partial charge in [-0.1, -0.05) is 65.8 Å². The van der Waals surface area contributed by atoms with Gasteiger partial charge in [-0.05, 0) is 39.7 Å². The Labute approximate surface area is 129 Å². The summed E-state index contributed by atoms with van der Waals surface area (Å²) in [6.07, 6.45) is 4.89. The van der Waals surface area contributed by atoms with Crippen LogP contribution in [0, 0.1) is 16.7 Å². The summed E-state index contributed by atoms with van der Waals surface area (Å²) in [6.45, 7) is 13.8. The van der Waals surface area contributed by atoms with Gasteiger partial charge in [0, 0.05) is 5.92 Å². The van der Waals surface area contributed by atoms with Crippen molar-refractivity contribution in [1.82, 2.24) is 0 Å². The van der Waals surface area contributed by atoms with E-state index >= 15 is 0 Å². The van der Waals surface area contributed by atoms with E-state index in [4.69, 9.17) is 4.74 Å².